The second-order valence-corrected chi connectivity index (χ2v) is 8.50. The molecule has 0 fully saturated rings. The van der Waals surface area contributed by atoms with Crippen LogP contribution in [0.15, 0.2) is 41.1 Å². The lowest BCUT2D eigenvalue weighted by Crippen LogP contribution is -2.41. The summed E-state index contributed by atoms with van der Waals surface area (Å²) in [5.41, 5.74) is 0.224. The Morgan fingerprint density at radius 3 is 2.73 bits per heavy atom. The lowest BCUT2D eigenvalue weighted by Gasteiger charge is -2.17. The molecular weight excluding hydrogens is 499 g/mol. The van der Waals surface area contributed by atoms with Gasteiger partial charge < -0.3 is 20.3 Å². The molecule has 3 aromatic rings. The Balaban J connectivity index is 1.86. The number of nitro groups is 1. The second-order valence-electron chi connectivity index (χ2n) is 7.58. The van der Waals surface area contributed by atoms with Gasteiger partial charge in [0.05, 0.1) is 34.1 Å². The SMILES string of the molecule is CC(COc1cc2ncnc(Nc3ccc(Br)cc3F)c2cc1[N+](=O)[O-])NC(=O)CN(C)C. The van der Waals surface area contributed by atoms with Crippen molar-refractivity contribution in [2.75, 3.05) is 32.6 Å². The molecule has 1 amide bonds. The molecule has 0 saturated carbocycles. The molecule has 1 atom stereocenters. The quantitative estimate of drug-likeness (QED) is 0.324. The highest BCUT2D eigenvalue weighted by molar-refractivity contribution is 9.10. The van der Waals surface area contributed by atoms with Crippen LogP contribution < -0.4 is 15.4 Å². The maximum absolute atomic E-state index is 14.2. The third-order valence-electron chi connectivity index (χ3n) is 4.45. The Morgan fingerprint density at radius 2 is 2.06 bits per heavy atom. The molecule has 2 aromatic carbocycles. The van der Waals surface area contributed by atoms with E-state index in [1.807, 2.05) is 0 Å². The van der Waals surface area contributed by atoms with Crippen molar-refractivity contribution in [2.45, 2.75) is 13.0 Å². The molecule has 0 aliphatic rings. The molecule has 1 heterocycles. The first kappa shape index (κ1) is 24.3. The average Bonchev–Trinajstić information content (AvgIpc) is 2.73. The zero-order chi connectivity index (χ0) is 24.1. The van der Waals surface area contributed by atoms with E-state index in [2.05, 4.69) is 36.5 Å². The van der Waals surface area contributed by atoms with Crippen LogP contribution in [0.2, 0.25) is 0 Å². The summed E-state index contributed by atoms with van der Waals surface area (Å²) in [6.07, 6.45) is 1.27. The van der Waals surface area contributed by atoms with Gasteiger partial charge in [-0.2, -0.15) is 0 Å². The Kier molecular flexibility index (Phi) is 7.71. The van der Waals surface area contributed by atoms with Gasteiger partial charge in [-0.05, 0) is 39.2 Å². The number of fused-ring (bicyclic) bond motifs is 1. The van der Waals surface area contributed by atoms with Gasteiger partial charge in [-0.15, -0.1) is 0 Å². The smallest absolute Gasteiger partial charge is 0.311 e. The standard InChI is InChI=1S/C21H22BrFN6O4/c1-12(26-20(30)9-28(2)3)10-33-19-8-17-14(7-18(19)29(31)32)21(25-11-24-17)27-16-5-4-13(22)6-15(16)23/h4-8,11-12H,9-10H2,1-3H3,(H,26,30)(H,24,25,27). The highest BCUT2D eigenvalue weighted by Crippen LogP contribution is 2.35. The minimum atomic E-state index is -0.582. The summed E-state index contributed by atoms with van der Waals surface area (Å²) in [7, 11) is 3.55. The first-order valence-corrected chi connectivity index (χ1v) is 10.7. The van der Waals surface area contributed by atoms with Crippen LogP contribution in [-0.4, -0.2) is 59.0 Å². The summed E-state index contributed by atoms with van der Waals surface area (Å²) in [6, 6.07) is 6.78. The number of likely N-dealkylation sites (N-methyl/N-ethyl adjacent to an activating group) is 1. The van der Waals surface area contributed by atoms with E-state index >= 15 is 0 Å². The number of amides is 1. The number of carbonyl (C=O) groups is 1. The van der Waals surface area contributed by atoms with Crippen molar-refractivity contribution in [1.82, 2.24) is 20.2 Å². The molecule has 1 aromatic heterocycles. The second kappa shape index (κ2) is 10.5. The zero-order valence-corrected chi connectivity index (χ0v) is 19.7. The minimum Gasteiger partial charge on any atom is -0.485 e. The number of rotatable bonds is 9. The molecule has 0 bridgehead atoms. The lowest BCUT2D eigenvalue weighted by molar-refractivity contribution is -0.385. The molecule has 3 rings (SSSR count). The van der Waals surface area contributed by atoms with E-state index in [0.29, 0.717) is 15.4 Å². The predicted octanol–water partition coefficient (Wildman–Crippen LogP) is 3.63. The molecule has 10 nitrogen and oxygen atoms in total. The van der Waals surface area contributed by atoms with Gasteiger partial charge in [0, 0.05) is 16.6 Å². The fraction of sp³-hybridized carbons (Fsp3) is 0.286. The fourth-order valence-electron chi connectivity index (χ4n) is 3.01. The van der Waals surface area contributed by atoms with E-state index in [4.69, 9.17) is 4.74 Å². The molecule has 0 radical (unpaired) electrons. The Labute approximate surface area is 197 Å². The van der Waals surface area contributed by atoms with Gasteiger partial charge in [-0.3, -0.25) is 14.9 Å². The van der Waals surface area contributed by atoms with Crippen molar-refractivity contribution in [3.8, 4) is 5.75 Å². The van der Waals surface area contributed by atoms with E-state index in [-0.39, 0.29) is 48.0 Å². The van der Waals surface area contributed by atoms with Crippen LogP contribution in [0.25, 0.3) is 10.9 Å². The summed E-state index contributed by atoms with van der Waals surface area (Å²) in [5.74, 6) is -0.496. The number of nitrogens with one attached hydrogen (secondary N) is 2. The van der Waals surface area contributed by atoms with Crippen molar-refractivity contribution in [3.63, 3.8) is 0 Å². The van der Waals surface area contributed by atoms with E-state index in [9.17, 15) is 19.3 Å². The number of hydrogen-bond acceptors (Lipinski definition) is 8. The first-order chi connectivity index (χ1) is 15.6. The molecule has 174 valence electrons. The third-order valence-corrected chi connectivity index (χ3v) is 4.95. The largest absolute Gasteiger partial charge is 0.485 e. The number of benzene rings is 2. The van der Waals surface area contributed by atoms with E-state index in [1.165, 1.54) is 30.6 Å². The van der Waals surface area contributed by atoms with Crippen molar-refractivity contribution in [3.05, 3.63) is 57.1 Å². The summed E-state index contributed by atoms with van der Waals surface area (Å²) in [6.45, 7) is 1.97. The van der Waals surface area contributed by atoms with E-state index < -0.39 is 10.7 Å². The Bertz CT molecular complexity index is 1190. The van der Waals surface area contributed by atoms with Crippen LogP contribution >= 0.6 is 15.9 Å². The van der Waals surface area contributed by atoms with E-state index in [0.717, 1.165) is 0 Å². The van der Waals surface area contributed by atoms with Gasteiger partial charge in [0.25, 0.3) is 0 Å². The molecule has 0 aliphatic heterocycles. The van der Waals surface area contributed by atoms with Crippen LogP contribution in [0.5, 0.6) is 5.75 Å². The van der Waals surface area contributed by atoms with E-state index in [1.54, 1.807) is 32.0 Å². The van der Waals surface area contributed by atoms with Crippen molar-refractivity contribution >= 4 is 49.9 Å². The number of nitro benzene ring substituents is 1. The summed E-state index contributed by atoms with van der Waals surface area (Å²) in [4.78, 5) is 33.0. The number of anilines is 2. The van der Waals surface area contributed by atoms with Gasteiger partial charge in [0.15, 0.2) is 5.75 Å². The molecule has 0 spiro atoms. The zero-order valence-electron chi connectivity index (χ0n) is 18.1. The first-order valence-electron chi connectivity index (χ1n) is 9.86. The maximum Gasteiger partial charge on any atom is 0.311 e. The predicted molar refractivity (Wildman–Crippen MR) is 125 cm³/mol. The van der Waals surface area contributed by atoms with Crippen LogP contribution in [0.3, 0.4) is 0 Å². The van der Waals surface area contributed by atoms with Crippen LogP contribution in [0, 0.1) is 15.9 Å². The van der Waals surface area contributed by atoms with Crippen molar-refractivity contribution in [1.29, 1.82) is 0 Å². The summed E-state index contributed by atoms with van der Waals surface area (Å²) >= 11 is 3.20. The lowest BCUT2D eigenvalue weighted by atomic mass is 10.2. The number of hydrogen-bond donors (Lipinski definition) is 2. The van der Waals surface area contributed by atoms with Gasteiger partial charge >= 0.3 is 5.69 Å². The van der Waals surface area contributed by atoms with Gasteiger partial charge in [0.1, 0.15) is 24.6 Å². The average molecular weight is 521 g/mol. The summed E-state index contributed by atoms with van der Waals surface area (Å²) in [5, 5.41) is 17.6. The van der Waals surface area contributed by atoms with Crippen molar-refractivity contribution < 1.29 is 18.8 Å². The Morgan fingerprint density at radius 1 is 1.30 bits per heavy atom. The monoisotopic (exact) mass is 520 g/mol. The number of nitrogens with zero attached hydrogens (tertiary/aromatic N) is 4. The normalized spacial score (nSPS) is 11.9. The number of aromatic nitrogens is 2. The third kappa shape index (κ3) is 6.33. The van der Waals surface area contributed by atoms with Crippen LogP contribution in [-0.2, 0) is 4.79 Å². The van der Waals surface area contributed by atoms with Gasteiger partial charge in [0.2, 0.25) is 5.91 Å². The molecular formula is C21H22BrFN6O4. The van der Waals surface area contributed by atoms with Crippen LogP contribution in [0.1, 0.15) is 6.92 Å². The molecule has 12 heteroatoms. The molecule has 1 unspecified atom stereocenters. The summed E-state index contributed by atoms with van der Waals surface area (Å²) < 4.78 is 20.5. The highest BCUT2D eigenvalue weighted by Gasteiger charge is 2.21. The number of carbonyl (C=O) groups excluding carboxylic acids is 1. The molecule has 33 heavy (non-hydrogen) atoms. The molecule has 0 aliphatic carbocycles. The number of ether oxygens (including phenoxy) is 1. The van der Waals surface area contributed by atoms with Gasteiger partial charge in [-0.25, -0.2) is 14.4 Å². The molecule has 2 N–H and O–H groups in total. The number of halogens is 2. The minimum absolute atomic E-state index is 0.000630. The fourth-order valence-corrected chi connectivity index (χ4v) is 3.35. The maximum atomic E-state index is 14.2. The van der Waals surface area contributed by atoms with Crippen molar-refractivity contribution in [2.24, 2.45) is 0 Å². The van der Waals surface area contributed by atoms with Gasteiger partial charge in [-0.1, -0.05) is 15.9 Å². The van der Waals surface area contributed by atoms with Crippen LogP contribution in [0.4, 0.5) is 21.6 Å². The molecule has 0 saturated heterocycles. The topological polar surface area (TPSA) is 123 Å². The Hall–Kier alpha value is -3.38. The highest BCUT2D eigenvalue weighted by atomic mass is 79.9.